The van der Waals surface area contributed by atoms with Gasteiger partial charge in [-0.05, 0) is 80.1 Å². The summed E-state index contributed by atoms with van der Waals surface area (Å²) in [5.74, 6) is 2.16. The van der Waals surface area contributed by atoms with Gasteiger partial charge in [0.05, 0.1) is 10.4 Å². The Morgan fingerprint density at radius 2 is 1.94 bits per heavy atom. The van der Waals surface area contributed by atoms with Crippen LogP contribution in [-0.2, 0) is 14.8 Å². The molecule has 1 heterocycles. The Morgan fingerprint density at radius 3 is 2.70 bits per heavy atom. The van der Waals surface area contributed by atoms with Crippen LogP contribution in [0.1, 0.15) is 24.8 Å². The number of rotatable bonds is 6. The highest BCUT2D eigenvalue weighted by Gasteiger charge is 2.28. The molecule has 2 atom stereocenters. The lowest BCUT2D eigenvalue weighted by molar-refractivity contribution is -0.116. The maximum atomic E-state index is 12.2. The van der Waals surface area contributed by atoms with Gasteiger partial charge in [0.15, 0.2) is 0 Å². The van der Waals surface area contributed by atoms with Gasteiger partial charge in [0.25, 0.3) is 5.91 Å². The second-order valence-corrected chi connectivity index (χ2v) is 9.94. The third kappa shape index (κ3) is 4.82. The zero-order chi connectivity index (χ0) is 23.6. The number of carbonyl (C=O) groups is 1. The SMILES string of the molecule is C#CC(=O)NC1CCCC1Nc1ncc2cc(-c3cc(S(=O)(=O)NC)ccc3C)ccc2n1. The number of benzene rings is 2. The van der Waals surface area contributed by atoms with Crippen molar-refractivity contribution in [2.75, 3.05) is 12.4 Å². The molecule has 0 bridgehead atoms. The summed E-state index contributed by atoms with van der Waals surface area (Å²) in [6.45, 7) is 1.94. The minimum absolute atomic E-state index is 0.0125. The maximum Gasteiger partial charge on any atom is 0.295 e. The lowest BCUT2D eigenvalue weighted by atomic mass is 9.99. The molecule has 1 aromatic heterocycles. The molecule has 4 rings (SSSR count). The largest absolute Gasteiger partial charge is 0.349 e. The first-order chi connectivity index (χ1) is 15.8. The number of aromatic nitrogens is 2. The number of fused-ring (bicyclic) bond motifs is 1. The van der Waals surface area contributed by atoms with Crippen LogP contribution in [-0.4, -0.2) is 43.4 Å². The molecule has 170 valence electrons. The molecule has 1 fully saturated rings. The number of carbonyl (C=O) groups excluding carboxylic acids is 1. The predicted octanol–water partition coefficient (Wildman–Crippen LogP) is 2.60. The Labute approximate surface area is 193 Å². The Balaban J connectivity index is 1.60. The second-order valence-electron chi connectivity index (χ2n) is 8.06. The van der Waals surface area contributed by atoms with Crippen LogP contribution in [0.15, 0.2) is 47.5 Å². The molecule has 2 aromatic carbocycles. The number of anilines is 1. The number of aryl methyl sites for hydroxylation is 1. The van der Waals surface area contributed by atoms with Crippen molar-refractivity contribution in [1.29, 1.82) is 0 Å². The van der Waals surface area contributed by atoms with Gasteiger partial charge in [-0.2, -0.15) is 0 Å². The molecule has 0 radical (unpaired) electrons. The van der Waals surface area contributed by atoms with Crippen molar-refractivity contribution >= 4 is 32.8 Å². The van der Waals surface area contributed by atoms with E-state index in [0.29, 0.717) is 5.95 Å². The average Bonchev–Trinajstić information content (AvgIpc) is 3.25. The molecule has 3 aromatic rings. The van der Waals surface area contributed by atoms with Crippen molar-refractivity contribution in [3.8, 4) is 23.5 Å². The maximum absolute atomic E-state index is 12.2. The molecular weight excluding hydrogens is 438 g/mol. The molecule has 2 unspecified atom stereocenters. The lowest BCUT2D eigenvalue weighted by Crippen LogP contribution is -2.43. The van der Waals surface area contributed by atoms with E-state index in [4.69, 9.17) is 6.42 Å². The Morgan fingerprint density at radius 1 is 1.15 bits per heavy atom. The van der Waals surface area contributed by atoms with Crippen LogP contribution < -0.4 is 15.4 Å². The monoisotopic (exact) mass is 463 g/mol. The minimum atomic E-state index is -3.54. The summed E-state index contributed by atoms with van der Waals surface area (Å²) in [7, 11) is -2.15. The fraction of sp³-hybridized carbons (Fsp3) is 0.292. The predicted molar refractivity (Wildman–Crippen MR) is 128 cm³/mol. The molecule has 0 saturated heterocycles. The summed E-state index contributed by atoms with van der Waals surface area (Å²) >= 11 is 0. The van der Waals surface area contributed by atoms with Crippen LogP contribution in [0.2, 0.25) is 0 Å². The van der Waals surface area contributed by atoms with Gasteiger partial charge in [-0.25, -0.2) is 23.1 Å². The summed E-state index contributed by atoms with van der Waals surface area (Å²) in [6.07, 6.45) is 9.63. The quantitative estimate of drug-likeness (QED) is 0.485. The summed E-state index contributed by atoms with van der Waals surface area (Å²) in [4.78, 5) is 20.8. The number of terminal acetylenes is 1. The van der Waals surface area contributed by atoms with Crippen molar-refractivity contribution in [1.82, 2.24) is 20.0 Å². The van der Waals surface area contributed by atoms with Crippen molar-refractivity contribution < 1.29 is 13.2 Å². The number of nitrogens with zero attached hydrogens (tertiary/aromatic N) is 2. The highest BCUT2D eigenvalue weighted by Crippen LogP contribution is 2.29. The van der Waals surface area contributed by atoms with E-state index < -0.39 is 15.9 Å². The van der Waals surface area contributed by atoms with E-state index in [2.05, 4.69) is 31.2 Å². The van der Waals surface area contributed by atoms with Gasteiger partial charge in [0, 0.05) is 23.7 Å². The molecular formula is C24H25N5O3S. The average molecular weight is 464 g/mol. The molecule has 9 heteroatoms. The van der Waals surface area contributed by atoms with Gasteiger partial charge in [-0.1, -0.05) is 12.1 Å². The van der Waals surface area contributed by atoms with Crippen molar-refractivity contribution in [3.05, 3.63) is 48.2 Å². The number of hydrogen-bond donors (Lipinski definition) is 3. The number of nitrogens with one attached hydrogen (secondary N) is 3. The summed E-state index contributed by atoms with van der Waals surface area (Å²) in [5.41, 5.74) is 3.43. The van der Waals surface area contributed by atoms with Crippen LogP contribution in [0.3, 0.4) is 0 Å². The zero-order valence-corrected chi connectivity index (χ0v) is 19.2. The third-order valence-corrected chi connectivity index (χ3v) is 7.37. The van der Waals surface area contributed by atoms with E-state index in [0.717, 1.165) is 46.9 Å². The van der Waals surface area contributed by atoms with E-state index in [1.807, 2.05) is 25.1 Å². The molecule has 3 N–H and O–H groups in total. The topological polar surface area (TPSA) is 113 Å². The van der Waals surface area contributed by atoms with Crippen molar-refractivity contribution in [2.24, 2.45) is 0 Å². The molecule has 0 spiro atoms. The van der Waals surface area contributed by atoms with Gasteiger partial charge in [0.1, 0.15) is 0 Å². The van der Waals surface area contributed by atoms with Gasteiger partial charge < -0.3 is 10.6 Å². The highest BCUT2D eigenvalue weighted by molar-refractivity contribution is 7.89. The zero-order valence-electron chi connectivity index (χ0n) is 18.4. The Bertz CT molecular complexity index is 1360. The van der Waals surface area contributed by atoms with Crippen LogP contribution >= 0.6 is 0 Å². The Kier molecular flexibility index (Phi) is 6.31. The molecule has 1 aliphatic rings. The van der Waals surface area contributed by atoms with Gasteiger partial charge >= 0.3 is 0 Å². The number of amides is 1. The standard InChI is InChI=1S/C24H25N5O3S/c1-4-23(30)27-21-6-5-7-22(21)29-24-26-14-17-12-16(9-11-20(17)28-24)19-13-18(10-8-15(19)2)33(31,32)25-3/h1,8-14,21-22,25H,5-7H2,2-3H3,(H,27,30)(H,26,28,29). The van der Waals surface area contributed by atoms with Gasteiger partial charge in [-0.3, -0.25) is 4.79 Å². The molecule has 8 nitrogen and oxygen atoms in total. The highest BCUT2D eigenvalue weighted by atomic mass is 32.2. The summed E-state index contributed by atoms with van der Waals surface area (Å²) in [5, 5.41) is 7.00. The van der Waals surface area contributed by atoms with Crippen LogP contribution in [0.5, 0.6) is 0 Å². The molecule has 33 heavy (non-hydrogen) atoms. The Hall–Kier alpha value is -3.48. The first-order valence-electron chi connectivity index (χ1n) is 10.7. The molecule has 1 aliphatic carbocycles. The molecule has 0 aliphatic heterocycles. The fourth-order valence-corrected chi connectivity index (χ4v) is 4.90. The summed E-state index contributed by atoms with van der Waals surface area (Å²) < 4.78 is 26.8. The third-order valence-electron chi connectivity index (χ3n) is 5.96. The minimum Gasteiger partial charge on any atom is -0.349 e. The van der Waals surface area contributed by atoms with Crippen molar-refractivity contribution in [2.45, 2.75) is 43.2 Å². The number of sulfonamides is 1. The summed E-state index contributed by atoms with van der Waals surface area (Å²) in [6, 6.07) is 10.8. The van der Waals surface area contributed by atoms with Gasteiger partial charge in [0.2, 0.25) is 16.0 Å². The van der Waals surface area contributed by atoms with Crippen molar-refractivity contribution in [3.63, 3.8) is 0 Å². The van der Waals surface area contributed by atoms with E-state index in [1.165, 1.54) is 7.05 Å². The van der Waals surface area contributed by atoms with E-state index in [-0.39, 0.29) is 17.0 Å². The lowest BCUT2D eigenvalue weighted by Gasteiger charge is -2.21. The van der Waals surface area contributed by atoms with Crippen LogP contribution in [0.4, 0.5) is 5.95 Å². The van der Waals surface area contributed by atoms with Gasteiger partial charge in [-0.15, -0.1) is 6.42 Å². The normalized spacial score (nSPS) is 18.1. The van der Waals surface area contributed by atoms with E-state index in [9.17, 15) is 13.2 Å². The van der Waals surface area contributed by atoms with Crippen LogP contribution in [0.25, 0.3) is 22.0 Å². The second kappa shape index (κ2) is 9.17. The smallest absolute Gasteiger partial charge is 0.295 e. The molecule has 1 saturated carbocycles. The number of hydrogen-bond acceptors (Lipinski definition) is 6. The van der Waals surface area contributed by atoms with E-state index in [1.54, 1.807) is 24.4 Å². The first-order valence-corrected chi connectivity index (χ1v) is 12.1. The van der Waals surface area contributed by atoms with Crippen LogP contribution in [0, 0.1) is 19.3 Å². The fourth-order valence-electron chi connectivity index (χ4n) is 4.15. The first kappa shape index (κ1) is 22.7. The van der Waals surface area contributed by atoms with E-state index >= 15 is 0 Å². The molecule has 1 amide bonds.